The van der Waals surface area contributed by atoms with E-state index in [1.165, 1.54) is 11.8 Å². The van der Waals surface area contributed by atoms with Gasteiger partial charge in [0.05, 0.1) is 7.11 Å². The SMILES string of the molecule is COc1ccccc1/C=C/C(=O)NNC(=O)CCN1CCN(c2ccccc2)CC1. The average molecular weight is 409 g/mol. The van der Waals surface area contributed by atoms with Gasteiger partial charge in [-0.25, -0.2) is 0 Å². The number of nitrogens with zero attached hydrogens (tertiary/aromatic N) is 2. The maximum atomic E-state index is 12.0. The summed E-state index contributed by atoms with van der Waals surface area (Å²) in [6.45, 7) is 4.37. The van der Waals surface area contributed by atoms with Crippen LogP contribution in [-0.4, -0.2) is 56.5 Å². The molecule has 0 radical (unpaired) electrons. The highest BCUT2D eigenvalue weighted by Gasteiger charge is 2.17. The smallest absolute Gasteiger partial charge is 0.262 e. The van der Waals surface area contributed by atoms with E-state index in [-0.39, 0.29) is 5.91 Å². The van der Waals surface area contributed by atoms with Gasteiger partial charge in [-0.15, -0.1) is 0 Å². The first-order valence-corrected chi connectivity index (χ1v) is 10.1. The fourth-order valence-corrected chi connectivity index (χ4v) is 3.33. The number of ether oxygens (including phenoxy) is 1. The van der Waals surface area contributed by atoms with Crippen LogP contribution in [0.25, 0.3) is 6.08 Å². The number of benzene rings is 2. The number of para-hydroxylation sites is 2. The molecular weight excluding hydrogens is 380 g/mol. The normalized spacial score (nSPS) is 14.5. The third-order valence-corrected chi connectivity index (χ3v) is 5.03. The highest BCUT2D eigenvalue weighted by atomic mass is 16.5. The monoisotopic (exact) mass is 408 g/mol. The largest absolute Gasteiger partial charge is 0.496 e. The molecule has 2 N–H and O–H groups in total. The summed E-state index contributed by atoms with van der Waals surface area (Å²) in [5.74, 6) is 0.0724. The van der Waals surface area contributed by atoms with Crippen LogP contribution < -0.4 is 20.5 Å². The number of hydrogen-bond acceptors (Lipinski definition) is 5. The number of carbonyl (C=O) groups is 2. The number of amides is 2. The van der Waals surface area contributed by atoms with Crippen LogP contribution in [0.4, 0.5) is 5.69 Å². The van der Waals surface area contributed by atoms with E-state index < -0.39 is 5.91 Å². The minimum atomic E-state index is -0.397. The summed E-state index contributed by atoms with van der Waals surface area (Å²) < 4.78 is 5.24. The molecule has 1 aliphatic heterocycles. The number of hydrogen-bond donors (Lipinski definition) is 2. The van der Waals surface area contributed by atoms with Crippen LogP contribution in [-0.2, 0) is 9.59 Å². The fraction of sp³-hybridized carbons (Fsp3) is 0.304. The zero-order chi connectivity index (χ0) is 21.2. The number of piperazine rings is 1. The van der Waals surface area contributed by atoms with Crippen molar-refractivity contribution in [3.05, 3.63) is 66.2 Å². The lowest BCUT2D eigenvalue weighted by molar-refractivity contribution is -0.127. The van der Waals surface area contributed by atoms with Crippen molar-refractivity contribution in [3.8, 4) is 5.75 Å². The Balaban J connectivity index is 1.34. The van der Waals surface area contributed by atoms with E-state index >= 15 is 0 Å². The third-order valence-electron chi connectivity index (χ3n) is 5.03. The minimum Gasteiger partial charge on any atom is -0.496 e. The Hall–Kier alpha value is -3.32. The van der Waals surface area contributed by atoms with Crippen molar-refractivity contribution >= 4 is 23.6 Å². The van der Waals surface area contributed by atoms with Crippen LogP contribution in [0.1, 0.15) is 12.0 Å². The maximum Gasteiger partial charge on any atom is 0.262 e. The van der Waals surface area contributed by atoms with E-state index in [0.717, 1.165) is 31.7 Å². The lowest BCUT2D eigenvalue weighted by atomic mass is 10.2. The van der Waals surface area contributed by atoms with Crippen molar-refractivity contribution in [2.45, 2.75) is 6.42 Å². The molecule has 7 nitrogen and oxygen atoms in total. The van der Waals surface area contributed by atoms with Crippen molar-refractivity contribution in [2.75, 3.05) is 44.7 Å². The van der Waals surface area contributed by atoms with E-state index in [9.17, 15) is 9.59 Å². The highest BCUT2D eigenvalue weighted by Crippen LogP contribution is 2.18. The number of hydrazine groups is 1. The molecule has 0 aliphatic carbocycles. The van der Waals surface area contributed by atoms with Crippen LogP contribution in [0.5, 0.6) is 5.75 Å². The number of nitrogens with one attached hydrogen (secondary N) is 2. The number of methoxy groups -OCH3 is 1. The van der Waals surface area contributed by atoms with Gasteiger partial charge in [-0.2, -0.15) is 0 Å². The Bertz CT molecular complexity index is 862. The van der Waals surface area contributed by atoms with Gasteiger partial charge >= 0.3 is 0 Å². The lowest BCUT2D eigenvalue weighted by Crippen LogP contribution is -2.48. The Kier molecular flexibility index (Phi) is 7.86. The van der Waals surface area contributed by atoms with Gasteiger partial charge in [0, 0.05) is 56.5 Å². The molecule has 0 unspecified atom stereocenters. The first-order valence-electron chi connectivity index (χ1n) is 10.1. The van der Waals surface area contributed by atoms with Crippen molar-refractivity contribution in [2.24, 2.45) is 0 Å². The Labute approximate surface area is 177 Å². The lowest BCUT2D eigenvalue weighted by Gasteiger charge is -2.36. The van der Waals surface area contributed by atoms with Crippen LogP contribution in [0.3, 0.4) is 0 Å². The Morgan fingerprint density at radius 1 is 0.967 bits per heavy atom. The van der Waals surface area contributed by atoms with E-state index in [0.29, 0.717) is 18.7 Å². The molecule has 0 saturated carbocycles. The predicted octanol–water partition coefficient (Wildman–Crippen LogP) is 2.07. The highest BCUT2D eigenvalue weighted by molar-refractivity contribution is 5.93. The van der Waals surface area contributed by atoms with E-state index in [4.69, 9.17) is 4.74 Å². The van der Waals surface area contributed by atoms with Gasteiger partial charge in [0.25, 0.3) is 5.91 Å². The van der Waals surface area contributed by atoms with Crippen LogP contribution in [0, 0.1) is 0 Å². The molecule has 0 atom stereocenters. The molecular formula is C23H28N4O3. The second-order valence-corrected chi connectivity index (χ2v) is 7.03. The molecule has 0 spiro atoms. The summed E-state index contributed by atoms with van der Waals surface area (Å²) >= 11 is 0. The number of rotatable bonds is 7. The maximum absolute atomic E-state index is 12.0. The molecule has 2 aromatic carbocycles. The zero-order valence-electron chi connectivity index (χ0n) is 17.2. The summed E-state index contributed by atoms with van der Waals surface area (Å²) in [4.78, 5) is 28.6. The topological polar surface area (TPSA) is 73.9 Å². The van der Waals surface area contributed by atoms with E-state index in [2.05, 4.69) is 32.8 Å². The molecule has 2 aromatic rings. The Morgan fingerprint density at radius 2 is 1.67 bits per heavy atom. The second-order valence-electron chi connectivity index (χ2n) is 7.03. The molecule has 1 saturated heterocycles. The summed E-state index contributed by atoms with van der Waals surface area (Å²) in [6.07, 6.45) is 3.34. The van der Waals surface area contributed by atoms with Gasteiger partial charge < -0.3 is 9.64 Å². The first kappa shape index (κ1) is 21.4. The molecule has 1 fully saturated rings. The molecule has 158 valence electrons. The Morgan fingerprint density at radius 3 is 2.40 bits per heavy atom. The zero-order valence-corrected chi connectivity index (χ0v) is 17.2. The molecule has 0 aromatic heterocycles. The summed E-state index contributed by atoms with van der Waals surface area (Å²) in [5, 5.41) is 0. The summed E-state index contributed by atoms with van der Waals surface area (Å²) in [6, 6.07) is 17.7. The van der Waals surface area contributed by atoms with Crippen molar-refractivity contribution in [3.63, 3.8) is 0 Å². The molecule has 1 aliphatic rings. The van der Waals surface area contributed by atoms with Gasteiger partial charge in [0.15, 0.2) is 0 Å². The van der Waals surface area contributed by atoms with Gasteiger partial charge in [-0.1, -0.05) is 36.4 Å². The predicted molar refractivity (Wildman–Crippen MR) is 118 cm³/mol. The molecule has 2 amide bonds. The van der Waals surface area contributed by atoms with Crippen molar-refractivity contribution in [1.29, 1.82) is 0 Å². The summed E-state index contributed by atoms with van der Waals surface area (Å²) in [5.41, 5.74) is 6.90. The van der Waals surface area contributed by atoms with Crippen molar-refractivity contribution in [1.82, 2.24) is 15.8 Å². The van der Waals surface area contributed by atoms with Crippen LogP contribution in [0.2, 0.25) is 0 Å². The molecule has 7 heteroatoms. The number of anilines is 1. The van der Waals surface area contributed by atoms with Crippen LogP contribution >= 0.6 is 0 Å². The van der Waals surface area contributed by atoms with Crippen molar-refractivity contribution < 1.29 is 14.3 Å². The molecule has 0 bridgehead atoms. The van der Waals surface area contributed by atoms with Gasteiger partial charge in [-0.05, 0) is 24.3 Å². The fourth-order valence-electron chi connectivity index (χ4n) is 3.33. The minimum absolute atomic E-state index is 0.209. The van der Waals surface area contributed by atoms with Gasteiger partial charge in [0.1, 0.15) is 5.75 Å². The molecule has 3 rings (SSSR count). The standard InChI is InChI=1S/C23H28N4O3/c1-30-21-10-6-5-7-19(21)11-12-22(28)24-25-23(29)13-14-26-15-17-27(18-16-26)20-8-3-2-4-9-20/h2-12H,13-18H2,1H3,(H,24,28)(H,25,29)/b12-11+. The molecule has 1 heterocycles. The second kappa shape index (κ2) is 11.0. The first-order chi connectivity index (χ1) is 14.7. The van der Waals surface area contributed by atoms with Gasteiger partial charge in [0.2, 0.25) is 5.91 Å². The average Bonchev–Trinajstić information content (AvgIpc) is 2.81. The summed E-state index contributed by atoms with van der Waals surface area (Å²) in [7, 11) is 1.58. The number of carbonyl (C=O) groups excluding carboxylic acids is 2. The van der Waals surface area contributed by atoms with E-state index in [1.807, 2.05) is 42.5 Å². The quantitative estimate of drug-likeness (QED) is 0.542. The molecule has 30 heavy (non-hydrogen) atoms. The third kappa shape index (κ3) is 6.35. The van der Waals surface area contributed by atoms with E-state index in [1.54, 1.807) is 13.2 Å². The van der Waals surface area contributed by atoms with Crippen LogP contribution in [0.15, 0.2) is 60.7 Å². The van der Waals surface area contributed by atoms with Gasteiger partial charge in [-0.3, -0.25) is 25.3 Å².